The number of nitrogens with zero attached hydrogens (tertiary/aromatic N) is 1. The van der Waals surface area contributed by atoms with Crippen molar-refractivity contribution in [1.29, 1.82) is 0 Å². The van der Waals surface area contributed by atoms with Gasteiger partial charge < -0.3 is 5.32 Å². The molecule has 0 fully saturated rings. The summed E-state index contributed by atoms with van der Waals surface area (Å²) in [5.74, 6) is -0.253. The number of nitrogens with one attached hydrogen (secondary N) is 1. The Morgan fingerprint density at radius 2 is 1.42 bits per heavy atom. The molecule has 0 saturated heterocycles. The Kier molecular flexibility index (Phi) is 9.22. The third-order valence-corrected chi connectivity index (χ3v) is 8.64. The molecule has 2 rings (SSSR count). The molecule has 1 N–H and O–H groups in total. The van der Waals surface area contributed by atoms with Crippen molar-refractivity contribution in [2.45, 2.75) is 50.8 Å². The Balaban J connectivity index is 2.27. The maximum Gasteiger partial charge on any atom is 0.256 e. The van der Waals surface area contributed by atoms with E-state index in [9.17, 15) is 21.6 Å². The Labute approximate surface area is 198 Å². The van der Waals surface area contributed by atoms with Crippen molar-refractivity contribution in [3.05, 3.63) is 54.1 Å². The summed E-state index contributed by atoms with van der Waals surface area (Å²) in [6.07, 6.45) is 0.443. The first-order chi connectivity index (χ1) is 15.4. The summed E-state index contributed by atoms with van der Waals surface area (Å²) < 4.78 is 52.8. The zero-order chi connectivity index (χ0) is 24.8. The molecule has 2 aromatic carbocycles. The normalized spacial score (nSPS) is 12.5. The SMILES string of the molecule is CCCS(=O)(=O)c1ccccc1C(=O)Nc1ccc(S(=O)(=O)N(CC(C)C)CC(C)C)cc1. The minimum Gasteiger partial charge on any atom is -0.322 e. The van der Waals surface area contributed by atoms with Crippen molar-refractivity contribution >= 4 is 31.5 Å². The quantitative estimate of drug-likeness (QED) is 0.498. The second-order valence-electron chi connectivity index (χ2n) is 8.90. The van der Waals surface area contributed by atoms with E-state index < -0.39 is 25.8 Å². The zero-order valence-electron chi connectivity index (χ0n) is 19.9. The van der Waals surface area contributed by atoms with Crippen LogP contribution in [0.1, 0.15) is 51.4 Å². The van der Waals surface area contributed by atoms with E-state index in [1.165, 1.54) is 40.7 Å². The van der Waals surface area contributed by atoms with Crippen molar-refractivity contribution in [1.82, 2.24) is 4.31 Å². The van der Waals surface area contributed by atoms with Gasteiger partial charge in [-0.2, -0.15) is 4.31 Å². The summed E-state index contributed by atoms with van der Waals surface area (Å²) in [5, 5.41) is 2.67. The van der Waals surface area contributed by atoms with Crippen molar-refractivity contribution in [3.63, 3.8) is 0 Å². The largest absolute Gasteiger partial charge is 0.322 e. The van der Waals surface area contributed by atoms with Gasteiger partial charge in [0.05, 0.1) is 21.1 Å². The van der Waals surface area contributed by atoms with E-state index in [2.05, 4.69) is 5.32 Å². The standard InChI is InChI=1S/C24H34N2O5S2/c1-6-15-32(28,29)23-10-8-7-9-22(23)24(27)25-20-11-13-21(14-12-20)33(30,31)26(16-18(2)3)17-19(4)5/h7-14,18-19H,6,15-17H2,1-5H3,(H,25,27). The first-order valence-corrected chi connectivity index (χ1v) is 14.2. The molecular formula is C24H34N2O5S2. The zero-order valence-corrected chi connectivity index (χ0v) is 21.5. The predicted molar refractivity (Wildman–Crippen MR) is 132 cm³/mol. The topological polar surface area (TPSA) is 101 Å². The molecular weight excluding hydrogens is 460 g/mol. The lowest BCUT2D eigenvalue weighted by molar-refractivity contribution is 0.102. The van der Waals surface area contributed by atoms with Crippen molar-refractivity contribution in [2.24, 2.45) is 11.8 Å². The molecule has 0 atom stereocenters. The number of hydrogen-bond acceptors (Lipinski definition) is 5. The maximum atomic E-state index is 13.1. The van der Waals surface area contributed by atoms with Gasteiger partial charge in [0.1, 0.15) is 0 Å². The Hall–Kier alpha value is -2.23. The van der Waals surface area contributed by atoms with Gasteiger partial charge in [-0.05, 0) is 54.7 Å². The molecule has 0 unspecified atom stereocenters. The number of carbonyl (C=O) groups is 1. The highest BCUT2D eigenvalue weighted by Gasteiger charge is 2.26. The van der Waals surface area contributed by atoms with Crippen molar-refractivity contribution in [3.8, 4) is 0 Å². The fraction of sp³-hybridized carbons (Fsp3) is 0.458. The van der Waals surface area contributed by atoms with Crippen molar-refractivity contribution in [2.75, 3.05) is 24.2 Å². The molecule has 0 heterocycles. The van der Waals surface area contributed by atoms with Crippen LogP contribution in [-0.4, -0.2) is 45.9 Å². The summed E-state index contributed by atoms with van der Waals surface area (Å²) >= 11 is 0. The van der Waals surface area contributed by atoms with Crippen LogP contribution in [0.15, 0.2) is 58.3 Å². The van der Waals surface area contributed by atoms with E-state index in [4.69, 9.17) is 0 Å². The van der Waals surface area contributed by atoms with Crippen LogP contribution in [0.3, 0.4) is 0 Å². The third-order valence-electron chi connectivity index (χ3n) is 4.83. The molecule has 7 nitrogen and oxygen atoms in total. The fourth-order valence-corrected chi connectivity index (χ4v) is 6.75. The summed E-state index contributed by atoms with van der Waals surface area (Å²) in [4.78, 5) is 13.0. The van der Waals surface area contributed by atoms with Crippen LogP contribution in [0.5, 0.6) is 0 Å². The molecule has 9 heteroatoms. The van der Waals surface area contributed by atoms with Crippen LogP contribution in [0, 0.1) is 11.8 Å². The van der Waals surface area contributed by atoms with Gasteiger partial charge in [0, 0.05) is 18.8 Å². The minimum atomic E-state index is -3.68. The smallest absolute Gasteiger partial charge is 0.256 e. The molecule has 182 valence electrons. The summed E-state index contributed by atoms with van der Waals surface area (Å²) in [6, 6.07) is 12.0. The summed E-state index contributed by atoms with van der Waals surface area (Å²) in [5.41, 5.74) is 0.434. The number of anilines is 1. The van der Waals surface area contributed by atoms with Crippen LogP contribution < -0.4 is 5.32 Å². The fourth-order valence-electron chi connectivity index (χ4n) is 3.45. The molecule has 0 spiro atoms. The number of amides is 1. The second-order valence-corrected chi connectivity index (χ2v) is 12.9. The number of sulfone groups is 1. The van der Waals surface area contributed by atoms with Gasteiger partial charge in [-0.25, -0.2) is 16.8 Å². The number of benzene rings is 2. The molecule has 0 aromatic heterocycles. The lowest BCUT2D eigenvalue weighted by atomic mass is 10.2. The van der Waals surface area contributed by atoms with Crippen LogP contribution in [0.25, 0.3) is 0 Å². The van der Waals surface area contributed by atoms with Gasteiger partial charge in [0.25, 0.3) is 5.91 Å². The Bertz CT molecular complexity index is 1150. The number of sulfonamides is 1. The monoisotopic (exact) mass is 494 g/mol. The van der Waals surface area contributed by atoms with Gasteiger partial charge in [-0.1, -0.05) is 46.8 Å². The molecule has 2 aromatic rings. The highest BCUT2D eigenvalue weighted by Crippen LogP contribution is 2.23. The van der Waals surface area contributed by atoms with E-state index in [0.717, 1.165) is 0 Å². The number of hydrogen-bond donors (Lipinski definition) is 1. The lowest BCUT2D eigenvalue weighted by Crippen LogP contribution is -2.37. The first kappa shape index (κ1) is 27.0. The Morgan fingerprint density at radius 1 is 0.879 bits per heavy atom. The van der Waals surface area contributed by atoms with Crippen molar-refractivity contribution < 1.29 is 21.6 Å². The molecule has 0 bridgehead atoms. The molecule has 1 amide bonds. The highest BCUT2D eigenvalue weighted by atomic mass is 32.2. The van der Waals surface area contributed by atoms with Crippen LogP contribution in [0.2, 0.25) is 0 Å². The molecule has 0 aliphatic rings. The van der Waals surface area contributed by atoms with E-state index >= 15 is 0 Å². The molecule has 0 radical (unpaired) electrons. The predicted octanol–water partition coefficient (Wildman–Crippen LogP) is 4.43. The average molecular weight is 495 g/mol. The number of rotatable bonds is 11. The number of carbonyl (C=O) groups excluding carboxylic acids is 1. The molecule has 33 heavy (non-hydrogen) atoms. The van der Waals surface area contributed by atoms with Gasteiger partial charge in [0.2, 0.25) is 10.0 Å². The van der Waals surface area contributed by atoms with Crippen LogP contribution in [-0.2, 0) is 19.9 Å². The van der Waals surface area contributed by atoms with E-state index in [1.807, 2.05) is 27.7 Å². The van der Waals surface area contributed by atoms with Gasteiger partial charge in [-0.15, -0.1) is 0 Å². The Morgan fingerprint density at radius 3 is 1.94 bits per heavy atom. The molecule has 0 aliphatic carbocycles. The minimum absolute atomic E-state index is 0.0124. The average Bonchev–Trinajstić information content (AvgIpc) is 2.73. The molecule has 0 aliphatic heterocycles. The van der Waals surface area contributed by atoms with Crippen LogP contribution in [0.4, 0.5) is 5.69 Å². The van der Waals surface area contributed by atoms with Gasteiger partial charge in [0.15, 0.2) is 9.84 Å². The van der Waals surface area contributed by atoms with E-state index in [0.29, 0.717) is 25.2 Å². The third kappa shape index (κ3) is 7.12. The van der Waals surface area contributed by atoms with E-state index in [-0.39, 0.29) is 32.9 Å². The first-order valence-electron chi connectivity index (χ1n) is 11.1. The maximum absolute atomic E-state index is 13.1. The summed E-state index contributed by atoms with van der Waals surface area (Å²) in [6.45, 7) is 10.5. The van der Waals surface area contributed by atoms with Gasteiger partial charge >= 0.3 is 0 Å². The summed E-state index contributed by atoms with van der Waals surface area (Å²) in [7, 11) is -7.26. The van der Waals surface area contributed by atoms with E-state index in [1.54, 1.807) is 19.1 Å². The van der Waals surface area contributed by atoms with Crippen LogP contribution >= 0.6 is 0 Å². The second kappa shape index (κ2) is 11.3. The van der Waals surface area contributed by atoms with Gasteiger partial charge in [-0.3, -0.25) is 4.79 Å². The lowest BCUT2D eigenvalue weighted by Gasteiger charge is -2.25. The highest BCUT2D eigenvalue weighted by molar-refractivity contribution is 7.91. The molecule has 0 saturated carbocycles.